The fourth-order valence-corrected chi connectivity index (χ4v) is 4.29. The fourth-order valence-electron chi connectivity index (χ4n) is 4.29. The van der Waals surface area contributed by atoms with Crippen LogP contribution in [0.5, 0.6) is 0 Å². The number of benzene rings is 1. The van der Waals surface area contributed by atoms with Crippen molar-refractivity contribution in [3.63, 3.8) is 0 Å². The van der Waals surface area contributed by atoms with Crippen molar-refractivity contribution in [1.82, 2.24) is 4.90 Å². The van der Waals surface area contributed by atoms with Crippen LogP contribution in [0.15, 0.2) is 24.3 Å². The Morgan fingerprint density at radius 2 is 1.48 bits per heavy atom. The van der Waals surface area contributed by atoms with Crippen LogP contribution in [0, 0.1) is 11.8 Å². The molecule has 2 aliphatic heterocycles. The average Bonchev–Trinajstić information content (AvgIpc) is 2.85. The van der Waals surface area contributed by atoms with Gasteiger partial charge in [0.05, 0.1) is 17.7 Å². The largest absolute Gasteiger partial charge is 0.494 e. The summed E-state index contributed by atoms with van der Waals surface area (Å²) in [4.78, 5) is 26.7. The number of hydrogen-bond donors (Lipinski definition) is 0. The normalized spacial score (nSPS) is 29.3. The minimum Gasteiger partial charge on any atom is -0.399 e. The van der Waals surface area contributed by atoms with Gasteiger partial charge in [-0.3, -0.25) is 14.5 Å². The molecule has 2 heterocycles. The van der Waals surface area contributed by atoms with Crippen molar-refractivity contribution < 1.29 is 18.9 Å². The van der Waals surface area contributed by atoms with Crippen LogP contribution in [-0.2, 0) is 25.4 Å². The maximum absolute atomic E-state index is 12.6. The molecule has 1 aromatic carbocycles. The maximum Gasteiger partial charge on any atom is 0.494 e. The fraction of sp³-hybridized carbons (Fsp3) is 0.619. The highest BCUT2D eigenvalue weighted by atomic mass is 16.7. The summed E-state index contributed by atoms with van der Waals surface area (Å²) in [6.45, 7) is 8.49. The van der Waals surface area contributed by atoms with Gasteiger partial charge in [0.2, 0.25) is 11.8 Å². The highest BCUT2D eigenvalue weighted by Crippen LogP contribution is 2.37. The van der Waals surface area contributed by atoms with E-state index in [2.05, 4.69) is 0 Å². The predicted octanol–water partition coefficient (Wildman–Crippen LogP) is 2.66. The van der Waals surface area contributed by atoms with Crippen LogP contribution in [0.4, 0.5) is 0 Å². The quantitative estimate of drug-likeness (QED) is 0.607. The first-order valence-electron chi connectivity index (χ1n) is 9.98. The smallest absolute Gasteiger partial charge is 0.399 e. The molecule has 2 saturated heterocycles. The molecule has 27 heavy (non-hydrogen) atoms. The number of carbonyl (C=O) groups excluding carboxylic acids is 2. The summed E-state index contributed by atoms with van der Waals surface area (Å²) in [6, 6.07) is 7.87. The number of amides is 2. The van der Waals surface area contributed by atoms with Gasteiger partial charge in [0.15, 0.2) is 0 Å². The van der Waals surface area contributed by atoms with Crippen molar-refractivity contribution in [2.45, 2.75) is 71.1 Å². The molecule has 4 rings (SSSR count). The second-order valence-corrected chi connectivity index (χ2v) is 9.15. The molecule has 6 heteroatoms. The predicted molar refractivity (Wildman–Crippen MR) is 103 cm³/mol. The summed E-state index contributed by atoms with van der Waals surface area (Å²) in [6.07, 6.45) is 3.57. The molecule has 2 unspecified atom stereocenters. The molecule has 2 atom stereocenters. The van der Waals surface area contributed by atoms with Crippen LogP contribution in [0.1, 0.15) is 58.9 Å². The van der Waals surface area contributed by atoms with E-state index < -0.39 is 7.12 Å². The van der Waals surface area contributed by atoms with Crippen LogP contribution < -0.4 is 5.46 Å². The van der Waals surface area contributed by atoms with E-state index in [0.29, 0.717) is 6.54 Å². The number of likely N-dealkylation sites (tertiary alicyclic amines) is 1. The standard InChI is InChI=1S/C21H28BNO4/c1-20(2)21(3,4)27-22(26-20)17-10-8-14(9-11-17)13-23-18(24)15-6-5-7-16(12-15)19(23)25/h8-11,15-16H,5-7,12-13H2,1-4H3. The molecule has 1 aliphatic carbocycles. The van der Waals surface area contributed by atoms with E-state index in [-0.39, 0.29) is 34.9 Å². The Labute approximate surface area is 161 Å². The third kappa shape index (κ3) is 3.23. The van der Waals surface area contributed by atoms with Crippen molar-refractivity contribution >= 4 is 24.4 Å². The van der Waals surface area contributed by atoms with Gasteiger partial charge < -0.3 is 9.31 Å². The molecule has 144 valence electrons. The van der Waals surface area contributed by atoms with E-state index in [1.165, 1.54) is 4.90 Å². The van der Waals surface area contributed by atoms with Crippen molar-refractivity contribution in [1.29, 1.82) is 0 Å². The lowest BCUT2D eigenvalue weighted by atomic mass is 9.76. The van der Waals surface area contributed by atoms with Crippen LogP contribution in [0.2, 0.25) is 0 Å². The number of imide groups is 1. The van der Waals surface area contributed by atoms with E-state index in [1.807, 2.05) is 52.0 Å². The summed E-state index contributed by atoms with van der Waals surface area (Å²) in [7, 11) is -0.401. The van der Waals surface area contributed by atoms with E-state index >= 15 is 0 Å². The molecular weight excluding hydrogens is 341 g/mol. The van der Waals surface area contributed by atoms with Crippen LogP contribution in [0.25, 0.3) is 0 Å². The number of piperidine rings is 1. The SMILES string of the molecule is CC1(C)OB(c2ccc(CN3C(=O)C4CCCC(C4)C3=O)cc2)OC1(C)C. The Bertz CT molecular complexity index is 720. The molecule has 0 spiro atoms. The van der Waals surface area contributed by atoms with Gasteiger partial charge in [-0.05, 0) is 58.0 Å². The van der Waals surface area contributed by atoms with Gasteiger partial charge in [0, 0.05) is 11.8 Å². The van der Waals surface area contributed by atoms with E-state index in [0.717, 1.165) is 36.7 Å². The number of nitrogens with zero attached hydrogens (tertiary/aromatic N) is 1. The van der Waals surface area contributed by atoms with Crippen LogP contribution >= 0.6 is 0 Å². The summed E-state index contributed by atoms with van der Waals surface area (Å²) in [5, 5.41) is 0. The summed E-state index contributed by atoms with van der Waals surface area (Å²) >= 11 is 0. The molecule has 0 radical (unpaired) electrons. The Morgan fingerprint density at radius 3 is 2.00 bits per heavy atom. The number of hydrogen-bond acceptors (Lipinski definition) is 4. The lowest BCUT2D eigenvalue weighted by Crippen LogP contribution is -2.50. The molecule has 2 bridgehead atoms. The second-order valence-electron chi connectivity index (χ2n) is 9.15. The van der Waals surface area contributed by atoms with Crippen LogP contribution in [0.3, 0.4) is 0 Å². The number of carbonyl (C=O) groups is 2. The monoisotopic (exact) mass is 369 g/mol. The molecular formula is C21H28BNO4. The second kappa shape index (κ2) is 6.45. The van der Waals surface area contributed by atoms with Crippen molar-refractivity contribution in [3.8, 4) is 0 Å². The Morgan fingerprint density at radius 1 is 0.963 bits per heavy atom. The molecule has 0 aromatic heterocycles. The first-order valence-corrected chi connectivity index (χ1v) is 9.98. The van der Waals surface area contributed by atoms with Crippen molar-refractivity contribution in [2.24, 2.45) is 11.8 Å². The minimum atomic E-state index is -0.401. The summed E-state index contributed by atoms with van der Waals surface area (Å²) < 4.78 is 12.2. The van der Waals surface area contributed by atoms with Gasteiger partial charge in [-0.1, -0.05) is 30.7 Å². The van der Waals surface area contributed by atoms with Gasteiger partial charge in [-0.15, -0.1) is 0 Å². The lowest BCUT2D eigenvalue weighted by Gasteiger charge is -2.39. The average molecular weight is 369 g/mol. The van der Waals surface area contributed by atoms with Gasteiger partial charge in [0.1, 0.15) is 0 Å². The number of rotatable bonds is 3. The third-order valence-corrected chi connectivity index (χ3v) is 6.75. The summed E-state index contributed by atoms with van der Waals surface area (Å²) in [5.41, 5.74) is 1.16. The molecule has 0 N–H and O–H groups in total. The van der Waals surface area contributed by atoms with E-state index in [1.54, 1.807) is 0 Å². The zero-order chi connectivity index (χ0) is 19.4. The topological polar surface area (TPSA) is 55.8 Å². The summed E-state index contributed by atoms with van der Waals surface area (Å²) in [5.74, 6) is 0.0768. The zero-order valence-electron chi connectivity index (χ0n) is 16.7. The molecule has 1 aromatic rings. The molecule has 3 fully saturated rings. The Kier molecular flexibility index (Phi) is 4.47. The highest BCUT2D eigenvalue weighted by Gasteiger charge is 2.51. The first kappa shape index (κ1) is 18.7. The first-order chi connectivity index (χ1) is 12.7. The maximum atomic E-state index is 12.6. The van der Waals surface area contributed by atoms with Crippen molar-refractivity contribution in [3.05, 3.63) is 29.8 Å². The Balaban J connectivity index is 1.47. The van der Waals surface area contributed by atoms with Crippen LogP contribution in [-0.4, -0.2) is 35.0 Å². The third-order valence-electron chi connectivity index (χ3n) is 6.75. The van der Waals surface area contributed by atoms with Gasteiger partial charge in [-0.25, -0.2) is 0 Å². The van der Waals surface area contributed by atoms with Gasteiger partial charge >= 0.3 is 7.12 Å². The van der Waals surface area contributed by atoms with Gasteiger partial charge in [-0.2, -0.15) is 0 Å². The van der Waals surface area contributed by atoms with E-state index in [9.17, 15) is 9.59 Å². The zero-order valence-corrected chi connectivity index (χ0v) is 16.7. The van der Waals surface area contributed by atoms with Crippen molar-refractivity contribution in [2.75, 3.05) is 0 Å². The molecule has 1 saturated carbocycles. The van der Waals surface area contributed by atoms with Gasteiger partial charge in [0.25, 0.3) is 0 Å². The minimum absolute atomic E-state index is 0.00554. The van der Waals surface area contributed by atoms with E-state index in [4.69, 9.17) is 9.31 Å². The molecule has 3 aliphatic rings. The molecule has 2 amide bonds. The lowest BCUT2D eigenvalue weighted by molar-refractivity contribution is -0.158. The Hall–Kier alpha value is -1.66. The molecule has 5 nitrogen and oxygen atoms in total. The number of fused-ring (bicyclic) bond motifs is 2. The highest BCUT2D eigenvalue weighted by molar-refractivity contribution is 6.62.